The highest BCUT2D eigenvalue weighted by Gasteiger charge is 2.21. The van der Waals surface area contributed by atoms with E-state index in [0.29, 0.717) is 17.4 Å². The quantitative estimate of drug-likeness (QED) is 0.609. The maximum absolute atomic E-state index is 12.8. The first-order chi connectivity index (χ1) is 12.9. The highest BCUT2D eigenvalue weighted by atomic mass is 32.2. The standard InChI is InChI=1S/C22H29NO3S/c1-15(2)13-19(17-9-7-6-8-10-17)23-22(24)16(3)27-18-11-12-20(25-4)21(14-18)26-5/h6-12,14-16,19H,13H2,1-5H3,(H,23,24)/t16-,19+/m0/s1. The van der Waals surface area contributed by atoms with Crippen LogP contribution in [0.4, 0.5) is 0 Å². The minimum absolute atomic E-state index is 0.0205. The molecule has 0 saturated carbocycles. The Kier molecular flexibility index (Phi) is 8.04. The van der Waals surface area contributed by atoms with Crippen molar-refractivity contribution < 1.29 is 14.3 Å². The van der Waals surface area contributed by atoms with E-state index in [1.165, 1.54) is 11.8 Å². The lowest BCUT2D eigenvalue weighted by Gasteiger charge is -2.23. The summed E-state index contributed by atoms with van der Waals surface area (Å²) in [5.41, 5.74) is 1.14. The Morgan fingerprint density at radius 2 is 1.67 bits per heavy atom. The lowest BCUT2D eigenvalue weighted by Crippen LogP contribution is -2.35. The number of thioether (sulfide) groups is 1. The molecule has 1 N–H and O–H groups in total. The van der Waals surface area contributed by atoms with Crippen molar-refractivity contribution in [2.24, 2.45) is 5.92 Å². The first-order valence-electron chi connectivity index (χ1n) is 9.18. The fourth-order valence-corrected chi connectivity index (χ4v) is 3.78. The molecule has 0 spiro atoms. The molecular formula is C22H29NO3S. The zero-order chi connectivity index (χ0) is 19.8. The van der Waals surface area contributed by atoms with Gasteiger partial charge in [0.2, 0.25) is 5.91 Å². The summed E-state index contributed by atoms with van der Waals surface area (Å²) in [6.07, 6.45) is 0.906. The summed E-state index contributed by atoms with van der Waals surface area (Å²) in [4.78, 5) is 13.8. The van der Waals surface area contributed by atoms with Gasteiger partial charge in [0.15, 0.2) is 11.5 Å². The zero-order valence-corrected chi connectivity index (χ0v) is 17.5. The van der Waals surface area contributed by atoms with Crippen LogP contribution < -0.4 is 14.8 Å². The lowest BCUT2D eigenvalue weighted by molar-refractivity contribution is -0.121. The molecule has 0 fully saturated rings. The lowest BCUT2D eigenvalue weighted by atomic mass is 9.97. The van der Waals surface area contributed by atoms with E-state index in [-0.39, 0.29) is 17.2 Å². The van der Waals surface area contributed by atoms with Gasteiger partial charge in [-0.25, -0.2) is 0 Å². The Morgan fingerprint density at radius 1 is 1.00 bits per heavy atom. The predicted molar refractivity (Wildman–Crippen MR) is 112 cm³/mol. The van der Waals surface area contributed by atoms with Gasteiger partial charge in [0.25, 0.3) is 0 Å². The smallest absolute Gasteiger partial charge is 0.233 e. The molecule has 0 saturated heterocycles. The predicted octanol–water partition coefficient (Wildman–Crippen LogP) is 5.09. The van der Waals surface area contributed by atoms with Crippen LogP contribution in [0.25, 0.3) is 0 Å². The van der Waals surface area contributed by atoms with Crippen LogP contribution in [0.1, 0.15) is 38.8 Å². The van der Waals surface area contributed by atoms with Crippen molar-refractivity contribution in [2.75, 3.05) is 14.2 Å². The van der Waals surface area contributed by atoms with Crippen LogP contribution in [-0.2, 0) is 4.79 Å². The number of carbonyl (C=O) groups is 1. The van der Waals surface area contributed by atoms with Crippen LogP contribution in [-0.4, -0.2) is 25.4 Å². The summed E-state index contributed by atoms with van der Waals surface area (Å²) in [7, 11) is 3.22. The van der Waals surface area contributed by atoms with Crippen molar-refractivity contribution in [2.45, 2.75) is 43.4 Å². The topological polar surface area (TPSA) is 47.6 Å². The number of carbonyl (C=O) groups excluding carboxylic acids is 1. The largest absolute Gasteiger partial charge is 0.493 e. The van der Waals surface area contributed by atoms with Crippen molar-refractivity contribution in [1.82, 2.24) is 5.32 Å². The molecule has 1 amide bonds. The molecule has 0 radical (unpaired) electrons. The second-order valence-corrected chi connectivity index (χ2v) is 8.29. The van der Waals surface area contributed by atoms with Gasteiger partial charge in [0, 0.05) is 4.90 Å². The summed E-state index contributed by atoms with van der Waals surface area (Å²) in [6, 6.07) is 15.9. The Morgan fingerprint density at radius 3 is 2.26 bits per heavy atom. The van der Waals surface area contributed by atoms with Gasteiger partial charge < -0.3 is 14.8 Å². The molecular weight excluding hydrogens is 358 g/mol. The van der Waals surface area contributed by atoms with Crippen molar-refractivity contribution in [3.8, 4) is 11.5 Å². The van der Waals surface area contributed by atoms with Crippen LogP contribution in [0, 0.1) is 5.92 Å². The van der Waals surface area contributed by atoms with Gasteiger partial charge in [-0.2, -0.15) is 0 Å². The van der Waals surface area contributed by atoms with Crippen LogP contribution in [0.3, 0.4) is 0 Å². The molecule has 2 aromatic rings. The van der Waals surface area contributed by atoms with E-state index >= 15 is 0 Å². The van der Waals surface area contributed by atoms with Crippen molar-refractivity contribution >= 4 is 17.7 Å². The van der Waals surface area contributed by atoms with E-state index in [4.69, 9.17) is 9.47 Å². The molecule has 0 aliphatic heterocycles. The highest BCUT2D eigenvalue weighted by Crippen LogP contribution is 2.34. The van der Waals surface area contributed by atoms with E-state index in [2.05, 4.69) is 31.3 Å². The maximum atomic E-state index is 12.8. The minimum atomic E-state index is -0.221. The van der Waals surface area contributed by atoms with E-state index in [1.54, 1.807) is 14.2 Å². The molecule has 0 aliphatic carbocycles. The van der Waals surface area contributed by atoms with Gasteiger partial charge in [-0.3, -0.25) is 4.79 Å². The fourth-order valence-electron chi connectivity index (χ4n) is 2.87. The zero-order valence-electron chi connectivity index (χ0n) is 16.7. The Balaban J connectivity index is 2.07. The molecule has 27 heavy (non-hydrogen) atoms. The van der Waals surface area contributed by atoms with Crippen molar-refractivity contribution in [3.63, 3.8) is 0 Å². The number of benzene rings is 2. The summed E-state index contributed by atoms with van der Waals surface area (Å²) in [5.74, 6) is 1.87. The third-order valence-electron chi connectivity index (χ3n) is 4.26. The Bertz CT molecular complexity index is 734. The van der Waals surface area contributed by atoms with Gasteiger partial charge in [-0.15, -0.1) is 11.8 Å². The Hall–Kier alpha value is -2.14. The first kappa shape index (κ1) is 21.2. The van der Waals surface area contributed by atoms with Crippen LogP contribution in [0.5, 0.6) is 11.5 Å². The number of nitrogens with one attached hydrogen (secondary N) is 1. The normalized spacial score (nSPS) is 13.1. The number of hydrogen-bond donors (Lipinski definition) is 1. The third kappa shape index (κ3) is 6.21. The van der Waals surface area contributed by atoms with Gasteiger partial charge >= 0.3 is 0 Å². The summed E-state index contributed by atoms with van der Waals surface area (Å²) < 4.78 is 10.6. The number of methoxy groups -OCH3 is 2. The molecule has 5 heteroatoms. The average molecular weight is 388 g/mol. The van der Waals surface area contributed by atoms with Crippen molar-refractivity contribution in [1.29, 1.82) is 0 Å². The molecule has 2 aromatic carbocycles. The second-order valence-electron chi connectivity index (χ2n) is 6.88. The maximum Gasteiger partial charge on any atom is 0.233 e. The molecule has 4 nitrogen and oxygen atoms in total. The summed E-state index contributed by atoms with van der Waals surface area (Å²) in [6.45, 7) is 6.27. The van der Waals surface area contributed by atoms with E-state index < -0.39 is 0 Å². The second kappa shape index (κ2) is 10.3. The fraction of sp³-hybridized carbons (Fsp3) is 0.409. The molecule has 0 aromatic heterocycles. The third-order valence-corrected chi connectivity index (χ3v) is 5.36. The first-order valence-corrected chi connectivity index (χ1v) is 10.1. The van der Waals surface area contributed by atoms with E-state index in [9.17, 15) is 4.79 Å². The highest BCUT2D eigenvalue weighted by molar-refractivity contribution is 8.00. The van der Waals surface area contributed by atoms with Gasteiger partial charge in [0.1, 0.15) is 0 Å². The van der Waals surface area contributed by atoms with Crippen LogP contribution >= 0.6 is 11.8 Å². The minimum Gasteiger partial charge on any atom is -0.493 e. The summed E-state index contributed by atoms with van der Waals surface area (Å²) in [5, 5.41) is 3.00. The number of ether oxygens (including phenoxy) is 2. The number of hydrogen-bond acceptors (Lipinski definition) is 4. The van der Waals surface area contributed by atoms with Gasteiger partial charge in [-0.05, 0) is 43.0 Å². The number of rotatable bonds is 9. The Labute approximate surface area is 166 Å². The molecule has 0 heterocycles. The van der Waals surface area contributed by atoms with Gasteiger partial charge in [0.05, 0.1) is 25.5 Å². The molecule has 0 aliphatic rings. The average Bonchev–Trinajstić information content (AvgIpc) is 2.67. The monoisotopic (exact) mass is 387 g/mol. The van der Waals surface area contributed by atoms with Crippen LogP contribution in [0.2, 0.25) is 0 Å². The van der Waals surface area contributed by atoms with E-state index in [0.717, 1.165) is 16.9 Å². The van der Waals surface area contributed by atoms with Crippen molar-refractivity contribution in [3.05, 3.63) is 54.1 Å². The molecule has 2 atom stereocenters. The van der Waals surface area contributed by atoms with Crippen LogP contribution in [0.15, 0.2) is 53.4 Å². The van der Waals surface area contributed by atoms with E-state index in [1.807, 2.05) is 43.3 Å². The molecule has 0 unspecified atom stereocenters. The SMILES string of the molecule is COc1ccc(S[C@@H](C)C(=O)N[C@H](CC(C)C)c2ccccc2)cc1OC. The molecule has 2 rings (SSSR count). The molecule has 0 bridgehead atoms. The van der Waals surface area contributed by atoms with Gasteiger partial charge in [-0.1, -0.05) is 44.2 Å². The number of amides is 1. The summed E-state index contributed by atoms with van der Waals surface area (Å²) >= 11 is 1.51. The molecule has 146 valence electrons.